The highest BCUT2D eigenvalue weighted by Crippen LogP contribution is 2.20. The van der Waals surface area contributed by atoms with Crippen molar-refractivity contribution in [1.29, 1.82) is 0 Å². The minimum atomic E-state index is -0.445. The summed E-state index contributed by atoms with van der Waals surface area (Å²) >= 11 is 0. The van der Waals surface area contributed by atoms with Crippen molar-refractivity contribution in [3.05, 3.63) is 35.4 Å². The van der Waals surface area contributed by atoms with Gasteiger partial charge in [0.1, 0.15) is 11.6 Å². The van der Waals surface area contributed by atoms with E-state index in [1.165, 1.54) is 18.2 Å². The third-order valence-electron chi connectivity index (χ3n) is 3.69. The maximum atomic E-state index is 13.6. The standard InChI is InChI=1S/C15H23F2N/c1-4-11(5-2)9-12(18-3)10-13-14(16)7-6-8-15(13)17/h6-8,11-12,18H,4-5,9-10H2,1-3H3. The summed E-state index contributed by atoms with van der Waals surface area (Å²) in [6.45, 7) is 4.31. The summed E-state index contributed by atoms with van der Waals surface area (Å²) in [7, 11) is 1.85. The molecule has 102 valence electrons. The summed E-state index contributed by atoms with van der Waals surface area (Å²) in [6.07, 6.45) is 3.58. The summed E-state index contributed by atoms with van der Waals surface area (Å²) in [6, 6.07) is 4.18. The molecule has 0 aliphatic carbocycles. The number of halogens is 2. The first-order valence-electron chi connectivity index (χ1n) is 6.72. The molecule has 0 aliphatic heterocycles. The molecule has 1 rings (SSSR count). The molecular formula is C15H23F2N. The van der Waals surface area contributed by atoms with Crippen LogP contribution in [0.3, 0.4) is 0 Å². The lowest BCUT2D eigenvalue weighted by atomic mass is 9.91. The quantitative estimate of drug-likeness (QED) is 0.778. The Balaban J connectivity index is 2.73. The molecule has 1 atom stereocenters. The van der Waals surface area contributed by atoms with E-state index in [1.807, 2.05) is 7.05 Å². The van der Waals surface area contributed by atoms with Gasteiger partial charge in [-0.15, -0.1) is 0 Å². The molecule has 0 spiro atoms. The van der Waals surface area contributed by atoms with Gasteiger partial charge in [0.05, 0.1) is 0 Å². The van der Waals surface area contributed by atoms with Gasteiger partial charge in [0.15, 0.2) is 0 Å². The number of likely N-dealkylation sites (N-methyl/N-ethyl adjacent to an activating group) is 1. The Hall–Kier alpha value is -0.960. The Bertz CT molecular complexity index is 341. The van der Waals surface area contributed by atoms with Crippen molar-refractivity contribution in [1.82, 2.24) is 5.32 Å². The molecule has 0 radical (unpaired) electrons. The van der Waals surface area contributed by atoms with Crippen LogP contribution >= 0.6 is 0 Å². The van der Waals surface area contributed by atoms with E-state index in [-0.39, 0.29) is 11.6 Å². The lowest BCUT2D eigenvalue weighted by Gasteiger charge is -2.22. The molecule has 0 heterocycles. The van der Waals surface area contributed by atoms with E-state index in [9.17, 15) is 8.78 Å². The maximum Gasteiger partial charge on any atom is 0.129 e. The van der Waals surface area contributed by atoms with E-state index >= 15 is 0 Å². The van der Waals surface area contributed by atoms with Gasteiger partial charge in [0, 0.05) is 11.6 Å². The van der Waals surface area contributed by atoms with Crippen LogP contribution in [0.25, 0.3) is 0 Å². The van der Waals surface area contributed by atoms with Crippen molar-refractivity contribution in [2.75, 3.05) is 7.05 Å². The van der Waals surface area contributed by atoms with Crippen molar-refractivity contribution in [2.45, 2.75) is 45.6 Å². The summed E-state index contributed by atoms with van der Waals surface area (Å²) in [5, 5.41) is 3.17. The zero-order valence-electron chi connectivity index (χ0n) is 11.5. The van der Waals surface area contributed by atoms with Gasteiger partial charge in [0.25, 0.3) is 0 Å². The molecule has 1 unspecified atom stereocenters. The summed E-state index contributed by atoms with van der Waals surface area (Å²) in [4.78, 5) is 0. The smallest absolute Gasteiger partial charge is 0.129 e. The monoisotopic (exact) mass is 255 g/mol. The van der Waals surface area contributed by atoms with Crippen LogP contribution in [0.15, 0.2) is 18.2 Å². The lowest BCUT2D eigenvalue weighted by molar-refractivity contribution is 0.371. The van der Waals surface area contributed by atoms with Crippen LogP contribution in [-0.4, -0.2) is 13.1 Å². The number of benzene rings is 1. The van der Waals surface area contributed by atoms with Crippen molar-refractivity contribution >= 4 is 0 Å². The molecular weight excluding hydrogens is 232 g/mol. The van der Waals surface area contributed by atoms with Gasteiger partial charge in [-0.05, 0) is 37.9 Å². The van der Waals surface area contributed by atoms with E-state index in [4.69, 9.17) is 0 Å². The van der Waals surface area contributed by atoms with E-state index in [0.717, 1.165) is 19.3 Å². The molecule has 1 nitrogen and oxygen atoms in total. The number of hydrogen-bond donors (Lipinski definition) is 1. The van der Waals surface area contributed by atoms with Gasteiger partial charge in [-0.3, -0.25) is 0 Å². The molecule has 0 bridgehead atoms. The van der Waals surface area contributed by atoms with Crippen LogP contribution in [0.2, 0.25) is 0 Å². The van der Waals surface area contributed by atoms with Gasteiger partial charge in [0.2, 0.25) is 0 Å². The average molecular weight is 255 g/mol. The molecule has 0 saturated carbocycles. The van der Waals surface area contributed by atoms with Gasteiger partial charge in [-0.2, -0.15) is 0 Å². The lowest BCUT2D eigenvalue weighted by Crippen LogP contribution is -2.30. The zero-order valence-corrected chi connectivity index (χ0v) is 11.5. The van der Waals surface area contributed by atoms with E-state index in [1.54, 1.807) is 0 Å². The topological polar surface area (TPSA) is 12.0 Å². The third kappa shape index (κ3) is 4.05. The fraction of sp³-hybridized carbons (Fsp3) is 0.600. The minimum Gasteiger partial charge on any atom is -0.317 e. The normalized spacial score (nSPS) is 13.0. The molecule has 0 amide bonds. The molecule has 1 aromatic rings. The van der Waals surface area contributed by atoms with Gasteiger partial charge >= 0.3 is 0 Å². The van der Waals surface area contributed by atoms with Crippen molar-refractivity contribution in [3.63, 3.8) is 0 Å². The van der Waals surface area contributed by atoms with E-state index in [2.05, 4.69) is 19.2 Å². The highest BCUT2D eigenvalue weighted by Gasteiger charge is 2.17. The molecule has 0 aromatic heterocycles. The van der Waals surface area contributed by atoms with Crippen molar-refractivity contribution in [2.24, 2.45) is 5.92 Å². The van der Waals surface area contributed by atoms with Crippen LogP contribution in [0, 0.1) is 17.6 Å². The first-order chi connectivity index (χ1) is 8.62. The second-order valence-corrected chi connectivity index (χ2v) is 4.81. The first-order valence-corrected chi connectivity index (χ1v) is 6.72. The minimum absolute atomic E-state index is 0.126. The summed E-state index contributed by atoms with van der Waals surface area (Å²) in [5.74, 6) is -0.281. The molecule has 1 aromatic carbocycles. The van der Waals surface area contributed by atoms with Crippen LogP contribution in [0.1, 0.15) is 38.7 Å². The second kappa shape index (κ2) is 7.47. The SMILES string of the molecule is CCC(CC)CC(Cc1c(F)cccc1F)NC. The van der Waals surface area contributed by atoms with Crippen LogP contribution < -0.4 is 5.32 Å². The average Bonchev–Trinajstić information content (AvgIpc) is 2.38. The molecule has 0 aliphatic rings. The van der Waals surface area contributed by atoms with Crippen molar-refractivity contribution in [3.8, 4) is 0 Å². The van der Waals surface area contributed by atoms with E-state index < -0.39 is 11.6 Å². The van der Waals surface area contributed by atoms with Gasteiger partial charge in [-0.25, -0.2) is 8.78 Å². The molecule has 18 heavy (non-hydrogen) atoms. The fourth-order valence-electron chi connectivity index (χ4n) is 2.30. The first kappa shape index (κ1) is 15.1. The Morgan fingerprint density at radius 2 is 1.67 bits per heavy atom. The van der Waals surface area contributed by atoms with Crippen molar-refractivity contribution < 1.29 is 8.78 Å². The summed E-state index contributed by atoms with van der Waals surface area (Å²) < 4.78 is 27.2. The maximum absolute atomic E-state index is 13.6. The van der Waals surface area contributed by atoms with E-state index in [0.29, 0.717) is 12.3 Å². The Morgan fingerprint density at radius 1 is 1.11 bits per heavy atom. The predicted octanol–water partition coefficient (Wildman–Crippen LogP) is 3.92. The zero-order chi connectivity index (χ0) is 13.5. The second-order valence-electron chi connectivity index (χ2n) is 4.81. The molecule has 3 heteroatoms. The number of hydrogen-bond acceptors (Lipinski definition) is 1. The highest BCUT2D eigenvalue weighted by molar-refractivity contribution is 5.20. The van der Waals surface area contributed by atoms with Gasteiger partial charge < -0.3 is 5.32 Å². The Morgan fingerprint density at radius 3 is 2.11 bits per heavy atom. The van der Waals surface area contributed by atoms with Crippen LogP contribution in [0.5, 0.6) is 0 Å². The van der Waals surface area contributed by atoms with Crippen LogP contribution in [0.4, 0.5) is 8.78 Å². The third-order valence-corrected chi connectivity index (χ3v) is 3.69. The number of rotatable bonds is 7. The Kier molecular flexibility index (Phi) is 6.27. The molecule has 1 N–H and O–H groups in total. The summed E-state index contributed by atoms with van der Waals surface area (Å²) in [5.41, 5.74) is 0.197. The predicted molar refractivity (Wildman–Crippen MR) is 71.6 cm³/mol. The molecule has 0 saturated heterocycles. The Labute approximate surface area is 109 Å². The number of nitrogens with one attached hydrogen (secondary N) is 1. The largest absolute Gasteiger partial charge is 0.317 e. The highest BCUT2D eigenvalue weighted by atomic mass is 19.1. The molecule has 0 fully saturated rings. The van der Waals surface area contributed by atoms with Gasteiger partial charge in [-0.1, -0.05) is 32.8 Å². The fourth-order valence-corrected chi connectivity index (χ4v) is 2.30. The van der Waals surface area contributed by atoms with Crippen LogP contribution in [-0.2, 0) is 6.42 Å².